The second kappa shape index (κ2) is 7.39. The van der Waals surface area contributed by atoms with Gasteiger partial charge in [0.05, 0.1) is 0 Å². The maximum Gasteiger partial charge on any atom is 0.251 e. The molecule has 1 aliphatic carbocycles. The summed E-state index contributed by atoms with van der Waals surface area (Å²) in [6.07, 6.45) is 7.35. The Kier molecular flexibility index (Phi) is 5.26. The quantitative estimate of drug-likeness (QED) is 0.844. The number of carbonyl (C=O) groups is 2. The summed E-state index contributed by atoms with van der Waals surface area (Å²) in [5, 5.41) is 2.99. The monoisotopic (exact) mass is 332 g/mol. The average molecular weight is 332 g/mol. The van der Waals surface area contributed by atoms with Crippen LogP contribution in [0.4, 0.5) is 0 Å². The molecule has 1 heterocycles. The number of thioether (sulfide) groups is 1. The van der Waals surface area contributed by atoms with Crippen LogP contribution < -0.4 is 5.32 Å². The van der Waals surface area contributed by atoms with Crippen molar-refractivity contribution in [2.45, 2.75) is 43.0 Å². The van der Waals surface area contributed by atoms with E-state index in [1.54, 1.807) is 11.8 Å². The molecule has 1 aromatic rings. The lowest BCUT2D eigenvalue weighted by atomic mass is 10.1. The third-order valence-corrected chi connectivity index (χ3v) is 5.65. The van der Waals surface area contributed by atoms with Crippen molar-refractivity contribution in [2.24, 2.45) is 5.92 Å². The Bertz CT molecular complexity index is 567. The largest absolute Gasteiger partial charge is 0.352 e. The van der Waals surface area contributed by atoms with Gasteiger partial charge in [0, 0.05) is 41.9 Å². The van der Waals surface area contributed by atoms with Crippen molar-refractivity contribution in [1.82, 2.24) is 10.2 Å². The minimum absolute atomic E-state index is 0.0515. The van der Waals surface area contributed by atoms with Gasteiger partial charge in [-0.3, -0.25) is 9.59 Å². The van der Waals surface area contributed by atoms with Crippen molar-refractivity contribution < 1.29 is 9.59 Å². The van der Waals surface area contributed by atoms with Crippen LogP contribution in [-0.2, 0) is 4.79 Å². The summed E-state index contributed by atoms with van der Waals surface area (Å²) in [5.74, 6) is 0.461. The predicted octanol–water partition coefficient (Wildman–Crippen LogP) is 2.93. The molecule has 1 atom stereocenters. The molecule has 3 rings (SSSR count). The minimum atomic E-state index is -0.0515. The van der Waals surface area contributed by atoms with E-state index >= 15 is 0 Å². The molecule has 124 valence electrons. The molecule has 5 heteroatoms. The van der Waals surface area contributed by atoms with Crippen LogP contribution in [0.1, 0.15) is 42.5 Å². The molecule has 0 unspecified atom stereocenters. The third kappa shape index (κ3) is 3.89. The van der Waals surface area contributed by atoms with Gasteiger partial charge in [0.25, 0.3) is 5.91 Å². The van der Waals surface area contributed by atoms with E-state index < -0.39 is 0 Å². The second-order valence-electron chi connectivity index (χ2n) is 6.49. The highest BCUT2D eigenvalue weighted by Gasteiger charge is 2.35. The Balaban J connectivity index is 1.50. The van der Waals surface area contributed by atoms with E-state index in [0.29, 0.717) is 24.6 Å². The lowest BCUT2D eigenvalue weighted by Crippen LogP contribution is -2.36. The molecule has 0 aromatic heterocycles. The summed E-state index contributed by atoms with van der Waals surface area (Å²) < 4.78 is 0. The number of amides is 2. The van der Waals surface area contributed by atoms with E-state index in [4.69, 9.17) is 0 Å². The maximum absolute atomic E-state index is 12.2. The Morgan fingerprint density at radius 2 is 1.96 bits per heavy atom. The number of nitrogens with one attached hydrogen (secondary N) is 1. The molecule has 1 saturated carbocycles. The van der Waals surface area contributed by atoms with Crippen molar-refractivity contribution in [1.29, 1.82) is 0 Å². The Morgan fingerprint density at radius 1 is 1.26 bits per heavy atom. The number of nitrogens with zero attached hydrogens (tertiary/aromatic N) is 1. The van der Waals surface area contributed by atoms with Crippen molar-refractivity contribution in [3.05, 3.63) is 29.8 Å². The molecule has 1 aromatic carbocycles. The lowest BCUT2D eigenvalue weighted by Gasteiger charge is -2.24. The van der Waals surface area contributed by atoms with Crippen LogP contribution in [0.2, 0.25) is 0 Å². The first-order valence-electron chi connectivity index (χ1n) is 8.39. The van der Waals surface area contributed by atoms with Crippen LogP contribution in [0.25, 0.3) is 0 Å². The summed E-state index contributed by atoms with van der Waals surface area (Å²) in [6, 6.07) is 8.07. The number of carbonyl (C=O) groups excluding carboxylic acids is 2. The highest BCUT2D eigenvalue weighted by atomic mass is 32.2. The van der Waals surface area contributed by atoms with E-state index in [0.717, 1.165) is 24.3 Å². The molecule has 2 amide bonds. The van der Waals surface area contributed by atoms with Gasteiger partial charge in [-0.25, -0.2) is 0 Å². The molecule has 2 fully saturated rings. The number of rotatable bonds is 5. The van der Waals surface area contributed by atoms with Gasteiger partial charge in [-0.15, -0.1) is 11.8 Å². The first-order valence-corrected chi connectivity index (χ1v) is 9.61. The lowest BCUT2D eigenvalue weighted by molar-refractivity contribution is -0.129. The van der Waals surface area contributed by atoms with Gasteiger partial charge < -0.3 is 10.2 Å². The van der Waals surface area contributed by atoms with Gasteiger partial charge in [0.15, 0.2) is 0 Å². The van der Waals surface area contributed by atoms with Crippen molar-refractivity contribution in [2.75, 3.05) is 19.3 Å². The topological polar surface area (TPSA) is 49.4 Å². The third-order valence-electron chi connectivity index (χ3n) is 4.91. The molecule has 0 radical (unpaired) electrons. The molecule has 1 N–H and O–H groups in total. The predicted molar refractivity (Wildman–Crippen MR) is 92.6 cm³/mol. The van der Waals surface area contributed by atoms with Gasteiger partial charge in [0.2, 0.25) is 5.91 Å². The molecule has 1 aliphatic heterocycles. The van der Waals surface area contributed by atoms with E-state index in [1.165, 1.54) is 12.8 Å². The smallest absolute Gasteiger partial charge is 0.251 e. The van der Waals surface area contributed by atoms with E-state index in [2.05, 4.69) is 10.2 Å². The first-order chi connectivity index (χ1) is 11.2. The number of likely N-dealkylation sites (tertiary alicyclic amines) is 1. The minimum Gasteiger partial charge on any atom is -0.352 e. The Morgan fingerprint density at radius 3 is 2.61 bits per heavy atom. The summed E-state index contributed by atoms with van der Waals surface area (Å²) in [6.45, 7) is 1.38. The van der Waals surface area contributed by atoms with E-state index in [-0.39, 0.29) is 17.7 Å². The second-order valence-corrected chi connectivity index (χ2v) is 7.37. The molecule has 23 heavy (non-hydrogen) atoms. The average Bonchev–Trinajstić information content (AvgIpc) is 3.22. The van der Waals surface area contributed by atoms with E-state index in [9.17, 15) is 9.59 Å². The molecule has 2 aliphatic rings. The molecular formula is C18H24N2O2S. The van der Waals surface area contributed by atoms with Gasteiger partial charge in [-0.1, -0.05) is 12.8 Å². The highest BCUT2D eigenvalue weighted by molar-refractivity contribution is 7.98. The van der Waals surface area contributed by atoms with Crippen molar-refractivity contribution >= 4 is 23.6 Å². The normalized spacial score (nSPS) is 21.9. The molecular weight excluding hydrogens is 308 g/mol. The van der Waals surface area contributed by atoms with E-state index in [1.807, 2.05) is 30.5 Å². The zero-order chi connectivity index (χ0) is 16.2. The van der Waals surface area contributed by atoms with Gasteiger partial charge in [-0.05, 0) is 43.4 Å². The van der Waals surface area contributed by atoms with Crippen LogP contribution >= 0.6 is 11.8 Å². The van der Waals surface area contributed by atoms with Gasteiger partial charge in [-0.2, -0.15) is 0 Å². The fourth-order valence-corrected chi connectivity index (χ4v) is 4.00. The number of hydrogen-bond donors (Lipinski definition) is 1. The van der Waals surface area contributed by atoms with Gasteiger partial charge in [0.1, 0.15) is 0 Å². The van der Waals surface area contributed by atoms with Crippen LogP contribution in [-0.4, -0.2) is 42.1 Å². The Labute approximate surface area is 142 Å². The fourth-order valence-electron chi connectivity index (χ4n) is 3.60. The maximum atomic E-state index is 12.2. The summed E-state index contributed by atoms with van der Waals surface area (Å²) in [4.78, 5) is 27.6. The molecule has 0 spiro atoms. The molecule has 0 bridgehead atoms. The van der Waals surface area contributed by atoms with Gasteiger partial charge >= 0.3 is 0 Å². The standard InChI is InChI=1S/C18H24N2O2S/c1-23-16-8-6-14(7-9-16)18(22)19-11-13-10-17(21)20(12-13)15-4-2-3-5-15/h6-9,13,15H,2-5,10-12H2,1H3,(H,19,22)/t13-/m0/s1. The molecule has 4 nitrogen and oxygen atoms in total. The van der Waals surface area contributed by atoms with Crippen molar-refractivity contribution in [3.63, 3.8) is 0 Å². The summed E-state index contributed by atoms with van der Waals surface area (Å²) >= 11 is 1.66. The van der Waals surface area contributed by atoms with Crippen LogP contribution in [0.15, 0.2) is 29.2 Å². The fraction of sp³-hybridized carbons (Fsp3) is 0.556. The van der Waals surface area contributed by atoms with Crippen LogP contribution in [0.3, 0.4) is 0 Å². The van der Waals surface area contributed by atoms with Crippen LogP contribution in [0.5, 0.6) is 0 Å². The summed E-state index contributed by atoms with van der Waals surface area (Å²) in [7, 11) is 0. The molecule has 1 saturated heterocycles. The zero-order valence-corrected chi connectivity index (χ0v) is 14.4. The SMILES string of the molecule is CSc1ccc(C(=O)NC[C@@H]2CC(=O)N(C3CCCC3)C2)cc1. The highest BCUT2D eigenvalue weighted by Crippen LogP contribution is 2.29. The number of hydrogen-bond acceptors (Lipinski definition) is 3. The Hall–Kier alpha value is -1.49. The van der Waals surface area contributed by atoms with Crippen LogP contribution in [0, 0.1) is 5.92 Å². The number of benzene rings is 1. The summed E-state index contributed by atoms with van der Waals surface area (Å²) in [5.41, 5.74) is 0.680. The van der Waals surface area contributed by atoms with Crippen molar-refractivity contribution in [3.8, 4) is 0 Å². The zero-order valence-electron chi connectivity index (χ0n) is 13.6. The first kappa shape index (κ1) is 16.4.